The topological polar surface area (TPSA) is 56.2 Å². The van der Waals surface area contributed by atoms with E-state index in [1.165, 1.54) is 10.7 Å². The number of halogens is 2. The number of benzene rings is 1. The lowest BCUT2D eigenvalue weighted by Gasteiger charge is -2.31. The van der Waals surface area contributed by atoms with Crippen LogP contribution in [0.3, 0.4) is 0 Å². The minimum absolute atomic E-state index is 0.0418. The molecule has 2 aromatic rings. The zero-order chi connectivity index (χ0) is 14.5. The van der Waals surface area contributed by atoms with Crippen molar-refractivity contribution in [1.29, 1.82) is 0 Å². The summed E-state index contributed by atoms with van der Waals surface area (Å²) in [6.45, 7) is 3.57. The van der Waals surface area contributed by atoms with Gasteiger partial charge in [-0.15, -0.1) is 0 Å². The standard InChI is InChI=1S/C14H14F2N4/c1-8-11(16)12-13(17)18-14(2,7-20(12)19-8)9-5-3-4-6-10(9)15/h3-6H,7H2,1-2H3,(H2,17,18). The van der Waals surface area contributed by atoms with Crippen molar-refractivity contribution >= 4 is 5.84 Å². The van der Waals surface area contributed by atoms with Crippen LogP contribution in [0.2, 0.25) is 0 Å². The van der Waals surface area contributed by atoms with Crippen LogP contribution >= 0.6 is 0 Å². The third-order valence-electron chi connectivity index (χ3n) is 3.58. The van der Waals surface area contributed by atoms with Gasteiger partial charge < -0.3 is 5.73 Å². The van der Waals surface area contributed by atoms with Gasteiger partial charge in [0.05, 0.1) is 12.2 Å². The van der Waals surface area contributed by atoms with Gasteiger partial charge in [0, 0.05) is 5.56 Å². The van der Waals surface area contributed by atoms with E-state index in [0.29, 0.717) is 5.56 Å². The molecule has 0 saturated carbocycles. The lowest BCUT2D eigenvalue weighted by atomic mass is 9.91. The number of fused-ring (bicyclic) bond motifs is 1. The fraction of sp³-hybridized carbons (Fsp3) is 0.286. The first kappa shape index (κ1) is 12.8. The van der Waals surface area contributed by atoms with Crippen LogP contribution in [-0.4, -0.2) is 15.6 Å². The van der Waals surface area contributed by atoms with Crippen molar-refractivity contribution in [3.8, 4) is 0 Å². The van der Waals surface area contributed by atoms with Crippen molar-refractivity contribution in [3.05, 3.63) is 52.9 Å². The molecule has 0 amide bonds. The number of hydrogen-bond donors (Lipinski definition) is 1. The van der Waals surface area contributed by atoms with Gasteiger partial charge in [0.2, 0.25) is 0 Å². The third-order valence-corrected chi connectivity index (χ3v) is 3.58. The first-order valence-electron chi connectivity index (χ1n) is 6.26. The second kappa shape index (κ2) is 4.13. The molecule has 3 rings (SSSR count). The molecule has 1 aromatic heterocycles. The van der Waals surface area contributed by atoms with Crippen LogP contribution in [0, 0.1) is 18.6 Å². The molecule has 20 heavy (non-hydrogen) atoms. The number of aromatic nitrogens is 2. The van der Waals surface area contributed by atoms with E-state index in [2.05, 4.69) is 10.1 Å². The summed E-state index contributed by atoms with van der Waals surface area (Å²) < 4.78 is 29.4. The van der Waals surface area contributed by atoms with E-state index in [0.717, 1.165) is 0 Å². The summed E-state index contributed by atoms with van der Waals surface area (Å²) in [5.74, 6) is -0.790. The predicted molar refractivity (Wildman–Crippen MR) is 71.4 cm³/mol. The van der Waals surface area contributed by atoms with Gasteiger partial charge in [-0.2, -0.15) is 5.10 Å². The van der Waals surface area contributed by atoms with Gasteiger partial charge in [0.1, 0.15) is 22.9 Å². The maximum atomic E-state index is 14.0. The molecule has 0 aliphatic carbocycles. The molecule has 0 spiro atoms. The molecular weight excluding hydrogens is 262 g/mol. The van der Waals surface area contributed by atoms with E-state index in [1.54, 1.807) is 32.0 Å². The van der Waals surface area contributed by atoms with E-state index in [1.807, 2.05) is 0 Å². The van der Waals surface area contributed by atoms with Crippen LogP contribution in [0.1, 0.15) is 23.9 Å². The first-order chi connectivity index (χ1) is 9.42. The number of nitrogens with two attached hydrogens (primary N) is 1. The fourth-order valence-electron chi connectivity index (χ4n) is 2.61. The molecular formula is C14H14F2N4. The van der Waals surface area contributed by atoms with Crippen LogP contribution in [0.25, 0.3) is 0 Å². The summed E-state index contributed by atoms with van der Waals surface area (Å²) in [7, 11) is 0. The Balaban J connectivity index is 2.16. The molecule has 104 valence electrons. The van der Waals surface area contributed by atoms with Gasteiger partial charge in [-0.25, -0.2) is 8.78 Å². The van der Waals surface area contributed by atoms with Crippen molar-refractivity contribution in [2.75, 3.05) is 0 Å². The molecule has 2 N–H and O–H groups in total. The number of nitrogens with zero attached hydrogens (tertiary/aromatic N) is 3. The fourth-order valence-corrected chi connectivity index (χ4v) is 2.61. The van der Waals surface area contributed by atoms with Crippen LogP contribution in [0.4, 0.5) is 8.78 Å². The van der Waals surface area contributed by atoms with Crippen LogP contribution in [-0.2, 0) is 12.1 Å². The molecule has 4 nitrogen and oxygen atoms in total. The predicted octanol–water partition coefficient (Wildman–Crippen LogP) is 2.10. The third kappa shape index (κ3) is 1.71. The van der Waals surface area contributed by atoms with E-state index >= 15 is 0 Å². The lowest BCUT2D eigenvalue weighted by Crippen LogP contribution is -2.38. The Kier molecular flexibility index (Phi) is 2.64. The highest BCUT2D eigenvalue weighted by Gasteiger charge is 2.36. The average molecular weight is 276 g/mol. The van der Waals surface area contributed by atoms with Gasteiger partial charge in [-0.3, -0.25) is 9.67 Å². The molecule has 1 aliphatic heterocycles. The highest BCUT2D eigenvalue weighted by molar-refractivity contribution is 5.97. The zero-order valence-electron chi connectivity index (χ0n) is 11.2. The van der Waals surface area contributed by atoms with E-state index in [9.17, 15) is 8.78 Å². The molecule has 6 heteroatoms. The number of aryl methyl sites for hydroxylation is 1. The van der Waals surface area contributed by atoms with Gasteiger partial charge in [-0.1, -0.05) is 18.2 Å². The zero-order valence-corrected chi connectivity index (χ0v) is 11.2. The van der Waals surface area contributed by atoms with Crippen molar-refractivity contribution in [3.63, 3.8) is 0 Å². The highest BCUT2D eigenvalue weighted by Crippen LogP contribution is 2.33. The normalized spacial score (nSPS) is 21.5. The summed E-state index contributed by atoms with van der Waals surface area (Å²) >= 11 is 0. The Morgan fingerprint density at radius 3 is 2.70 bits per heavy atom. The Morgan fingerprint density at radius 1 is 1.30 bits per heavy atom. The summed E-state index contributed by atoms with van der Waals surface area (Å²) in [4.78, 5) is 4.31. The van der Waals surface area contributed by atoms with Gasteiger partial charge >= 0.3 is 0 Å². The SMILES string of the molecule is Cc1nn2c(c1F)C(N)=NC(C)(c1ccccc1F)C2. The largest absolute Gasteiger partial charge is 0.382 e. The highest BCUT2D eigenvalue weighted by atomic mass is 19.1. The van der Waals surface area contributed by atoms with Crippen molar-refractivity contribution < 1.29 is 8.78 Å². The second-order valence-electron chi connectivity index (χ2n) is 5.16. The minimum Gasteiger partial charge on any atom is -0.382 e. The molecule has 0 fully saturated rings. The maximum absolute atomic E-state index is 14.0. The summed E-state index contributed by atoms with van der Waals surface area (Å²) in [6, 6.07) is 6.38. The van der Waals surface area contributed by atoms with E-state index in [-0.39, 0.29) is 29.6 Å². The van der Waals surface area contributed by atoms with Crippen LogP contribution in [0.15, 0.2) is 29.3 Å². The molecule has 0 radical (unpaired) electrons. The molecule has 0 bridgehead atoms. The maximum Gasteiger partial charge on any atom is 0.175 e. The summed E-state index contributed by atoms with van der Waals surface area (Å²) in [6.07, 6.45) is 0. The van der Waals surface area contributed by atoms with Gasteiger partial charge in [0.25, 0.3) is 0 Å². The van der Waals surface area contributed by atoms with Crippen molar-refractivity contribution in [2.45, 2.75) is 25.9 Å². The average Bonchev–Trinajstić information content (AvgIpc) is 2.65. The molecule has 1 aromatic carbocycles. The number of rotatable bonds is 1. The molecule has 2 heterocycles. The van der Waals surface area contributed by atoms with E-state index < -0.39 is 11.4 Å². The Hall–Kier alpha value is -2.24. The van der Waals surface area contributed by atoms with Crippen molar-refractivity contribution in [2.24, 2.45) is 10.7 Å². The number of amidine groups is 1. The number of aliphatic imine (C=N–C) groups is 1. The Bertz CT molecular complexity index is 720. The summed E-state index contributed by atoms with van der Waals surface area (Å²) in [5, 5.41) is 4.11. The van der Waals surface area contributed by atoms with Crippen LogP contribution < -0.4 is 5.73 Å². The lowest BCUT2D eigenvalue weighted by molar-refractivity contribution is 0.361. The molecule has 1 aliphatic rings. The Labute approximate surface area is 114 Å². The smallest absolute Gasteiger partial charge is 0.175 e. The molecule has 1 atom stereocenters. The molecule has 0 saturated heterocycles. The summed E-state index contributed by atoms with van der Waals surface area (Å²) in [5.41, 5.74) is 5.81. The second-order valence-corrected chi connectivity index (χ2v) is 5.16. The van der Waals surface area contributed by atoms with Gasteiger partial charge in [0.15, 0.2) is 5.82 Å². The minimum atomic E-state index is -0.896. The first-order valence-corrected chi connectivity index (χ1v) is 6.26. The quantitative estimate of drug-likeness (QED) is 0.867. The Morgan fingerprint density at radius 2 is 2.00 bits per heavy atom. The monoisotopic (exact) mass is 276 g/mol. The molecule has 1 unspecified atom stereocenters. The number of hydrogen-bond acceptors (Lipinski definition) is 3. The van der Waals surface area contributed by atoms with Gasteiger partial charge in [-0.05, 0) is 19.9 Å². The van der Waals surface area contributed by atoms with Crippen LogP contribution in [0.5, 0.6) is 0 Å². The van der Waals surface area contributed by atoms with Crippen molar-refractivity contribution in [1.82, 2.24) is 9.78 Å². The van der Waals surface area contributed by atoms with E-state index in [4.69, 9.17) is 5.73 Å².